The maximum atomic E-state index is 11.1. The molecule has 0 spiro atoms. The molecule has 1 aliphatic carbocycles. The van der Waals surface area contributed by atoms with Gasteiger partial charge in [0.2, 0.25) is 0 Å². The first-order chi connectivity index (χ1) is 5.20. The third-order valence-electron chi connectivity index (χ3n) is 2.97. The quantitative estimate of drug-likeness (QED) is 0.524. The van der Waals surface area contributed by atoms with E-state index in [9.17, 15) is 4.79 Å². The lowest BCUT2D eigenvalue weighted by Gasteiger charge is -2.21. The van der Waals surface area contributed by atoms with Gasteiger partial charge in [0.05, 0.1) is 0 Å². The Balaban J connectivity index is 2.40. The summed E-state index contributed by atoms with van der Waals surface area (Å²) in [6.45, 7) is 4.57. The van der Waals surface area contributed by atoms with Crippen molar-refractivity contribution in [1.29, 1.82) is 0 Å². The molecule has 11 heavy (non-hydrogen) atoms. The van der Waals surface area contributed by atoms with E-state index < -0.39 is 0 Å². The first kappa shape index (κ1) is 8.76. The van der Waals surface area contributed by atoms with Gasteiger partial charge in [-0.2, -0.15) is 0 Å². The number of hydrogen-bond acceptors (Lipinski definition) is 1. The Kier molecular flexibility index (Phi) is 3.10. The molecular weight excluding hydrogens is 136 g/mol. The highest BCUT2D eigenvalue weighted by atomic mass is 16.1. The fraction of sp³-hybridized carbons (Fsp3) is 0.900. The Morgan fingerprint density at radius 2 is 1.73 bits per heavy atom. The Labute approximate surface area is 69.2 Å². The minimum Gasteiger partial charge on any atom is -0.300 e. The molecule has 1 rings (SSSR count). The summed E-state index contributed by atoms with van der Waals surface area (Å²) < 4.78 is 0. The van der Waals surface area contributed by atoms with Crippen LogP contribution in [0.5, 0.6) is 0 Å². The zero-order valence-corrected chi connectivity index (χ0v) is 7.60. The van der Waals surface area contributed by atoms with Gasteiger partial charge in [0, 0.05) is 12.8 Å². The normalized spacial score (nSPS) is 34.5. The zero-order chi connectivity index (χ0) is 8.27. The predicted octanol–water partition coefficient (Wildman–Crippen LogP) is 2.79. The number of carbonyl (C=O) groups is 1. The number of hydrogen-bond donors (Lipinski definition) is 0. The SMILES string of the molecule is CC1CCCC(=O)CCC1C. The molecule has 0 aromatic carbocycles. The summed E-state index contributed by atoms with van der Waals surface area (Å²) >= 11 is 0. The van der Waals surface area contributed by atoms with E-state index in [4.69, 9.17) is 0 Å². The lowest BCUT2D eigenvalue weighted by atomic mass is 9.84. The first-order valence-corrected chi connectivity index (χ1v) is 4.72. The molecule has 1 aliphatic rings. The van der Waals surface area contributed by atoms with Crippen LogP contribution < -0.4 is 0 Å². The molecule has 0 bridgehead atoms. The standard InChI is InChI=1S/C10H18O/c1-8-4-3-5-10(11)7-6-9(8)2/h8-9H,3-7H2,1-2H3. The molecular formula is C10H18O. The summed E-state index contributed by atoms with van der Waals surface area (Å²) in [6, 6.07) is 0. The molecule has 0 radical (unpaired) electrons. The molecule has 0 amide bonds. The molecule has 0 heterocycles. The maximum absolute atomic E-state index is 11.1. The van der Waals surface area contributed by atoms with Crippen molar-refractivity contribution in [3.05, 3.63) is 0 Å². The van der Waals surface area contributed by atoms with Crippen LogP contribution in [0, 0.1) is 11.8 Å². The van der Waals surface area contributed by atoms with E-state index in [-0.39, 0.29) is 0 Å². The van der Waals surface area contributed by atoms with Crippen molar-refractivity contribution in [2.75, 3.05) is 0 Å². The van der Waals surface area contributed by atoms with E-state index in [1.807, 2.05) is 0 Å². The summed E-state index contributed by atoms with van der Waals surface area (Å²) in [5.41, 5.74) is 0. The van der Waals surface area contributed by atoms with E-state index >= 15 is 0 Å². The second-order valence-electron chi connectivity index (χ2n) is 3.92. The van der Waals surface area contributed by atoms with Crippen LogP contribution in [0.15, 0.2) is 0 Å². The van der Waals surface area contributed by atoms with Crippen LogP contribution in [0.1, 0.15) is 46.0 Å². The predicted molar refractivity (Wildman–Crippen MR) is 46.4 cm³/mol. The number of rotatable bonds is 0. The van der Waals surface area contributed by atoms with Crippen LogP contribution in [0.3, 0.4) is 0 Å². The third kappa shape index (κ3) is 2.64. The van der Waals surface area contributed by atoms with Crippen LogP contribution in [0.25, 0.3) is 0 Å². The van der Waals surface area contributed by atoms with E-state index in [1.54, 1.807) is 0 Å². The Morgan fingerprint density at radius 1 is 1.09 bits per heavy atom. The first-order valence-electron chi connectivity index (χ1n) is 4.72. The topological polar surface area (TPSA) is 17.1 Å². The Bertz CT molecular complexity index is 140. The highest BCUT2D eigenvalue weighted by Crippen LogP contribution is 2.25. The molecule has 0 aliphatic heterocycles. The lowest BCUT2D eigenvalue weighted by Crippen LogP contribution is -2.14. The van der Waals surface area contributed by atoms with Gasteiger partial charge in [0.15, 0.2) is 0 Å². The molecule has 64 valence electrons. The van der Waals surface area contributed by atoms with E-state index in [0.29, 0.717) is 5.78 Å². The lowest BCUT2D eigenvalue weighted by molar-refractivity contribution is -0.119. The molecule has 1 nitrogen and oxygen atoms in total. The largest absolute Gasteiger partial charge is 0.300 e. The van der Waals surface area contributed by atoms with Gasteiger partial charge >= 0.3 is 0 Å². The van der Waals surface area contributed by atoms with Crippen LogP contribution in [0.4, 0.5) is 0 Å². The molecule has 0 N–H and O–H groups in total. The molecule has 0 aromatic heterocycles. The fourth-order valence-electron chi connectivity index (χ4n) is 1.70. The van der Waals surface area contributed by atoms with Gasteiger partial charge in [0.25, 0.3) is 0 Å². The van der Waals surface area contributed by atoms with Crippen LogP contribution in [0.2, 0.25) is 0 Å². The highest BCUT2D eigenvalue weighted by Gasteiger charge is 2.16. The van der Waals surface area contributed by atoms with Gasteiger partial charge in [-0.05, 0) is 24.7 Å². The maximum Gasteiger partial charge on any atom is 0.132 e. The van der Waals surface area contributed by atoms with Crippen molar-refractivity contribution in [3.63, 3.8) is 0 Å². The van der Waals surface area contributed by atoms with Crippen LogP contribution in [-0.4, -0.2) is 5.78 Å². The van der Waals surface area contributed by atoms with E-state index in [0.717, 1.165) is 37.5 Å². The van der Waals surface area contributed by atoms with Gasteiger partial charge in [-0.15, -0.1) is 0 Å². The summed E-state index contributed by atoms with van der Waals surface area (Å²) in [7, 11) is 0. The van der Waals surface area contributed by atoms with Gasteiger partial charge in [-0.25, -0.2) is 0 Å². The van der Waals surface area contributed by atoms with Crippen molar-refractivity contribution < 1.29 is 4.79 Å². The molecule has 1 fully saturated rings. The van der Waals surface area contributed by atoms with Crippen molar-refractivity contribution in [2.45, 2.75) is 46.0 Å². The van der Waals surface area contributed by atoms with E-state index in [1.165, 1.54) is 6.42 Å². The molecule has 2 atom stereocenters. The van der Waals surface area contributed by atoms with Gasteiger partial charge < -0.3 is 0 Å². The molecule has 1 saturated carbocycles. The van der Waals surface area contributed by atoms with Crippen LogP contribution >= 0.6 is 0 Å². The number of ketones is 1. The summed E-state index contributed by atoms with van der Waals surface area (Å²) in [4.78, 5) is 11.1. The number of Topliss-reactive ketones (excluding diaryl/α,β-unsaturated/α-hetero) is 1. The average Bonchev–Trinajstić information content (AvgIpc) is 1.98. The average molecular weight is 154 g/mol. The summed E-state index contributed by atoms with van der Waals surface area (Å²) in [6.07, 6.45) is 5.12. The Morgan fingerprint density at radius 3 is 2.45 bits per heavy atom. The fourth-order valence-corrected chi connectivity index (χ4v) is 1.70. The van der Waals surface area contributed by atoms with E-state index in [2.05, 4.69) is 13.8 Å². The van der Waals surface area contributed by atoms with Crippen molar-refractivity contribution in [2.24, 2.45) is 11.8 Å². The third-order valence-corrected chi connectivity index (χ3v) is 2.97. The van der Waals surface area contributed by atoms with Crippen LogP contribution in [-0.2, 0) is 4.79 Å². The summed E-state index contributed by atoms with van der Waals surface area (Å²) in [5, 5.41) is 0. The molecule has 0 aromatic rings. The smallest absolute Gasteiger partial charge is 0.132 e. The van der Waals surface area contributed by atoms with Crippen molar-refractivity contribution in [1.82, 2.24) is 0 Å². The van der Waals surface area contributed by atoms with Gasteiger partial charge in [-0.1, -0.05) is 20.3 Å². The minimum absolute atomic E-state index is 0.476. The second-order valence-corrected chi connectivity index (χ2v) is 3.92. The molecule has 2 unspecified atom stereocenters. The zero-order valence-electron chi connectivity index (χ0n) is 7.60. The Hall–Kier alpha value is -0.330. The molecule has 0 saturated heterocycles. The van der Waals surface area contributed by atoms with Gasteiger partial charge in [-0.3, -0.25) is 4.79 Å². The number of carbonyl (C=O) groups excluding carboxylic acids is 1. The second kappa shape index (κ2) is 3.89. The minimum atomic E-state index is 0.476. The van der Waals surface area contributed by atoms with Crippen molar-refractivity contribution in [3.8, 4) is 0 Å². The summed E-state index contributed by atoms with van der Waals surface area (Å²) in [5.74, 6) is 2.05. The van der Waals surface area contributed by atoms with Gasteiger partial charge in [0.1, 0.15) is 5.78 Å². The highest BCUT2D eigenvalue weighted by molar-refractivity contribution is 5.78. The van der Waals surface area contributed by atoms with Crippen molar-refractivity contribution >= 4 is 5.78 Å². The monoisotopic (exact) mass is 154 g/mol. The molecule has 1 heteroatoms.